The van der Waals surface area contributed by atoms with Crippen LogP contribution >= 0.6 is 0 Å². The molecule has 1 aliphatic rings. The molecule has 1 fully saturated rings. The second-order valence-electron chi connectivity index (χ2n) is 4.91. The Balaban J connectivity index is 1.81. The summed E-state index contributed by atoms with van der Waals surface area (Å²) in [5, 5.41) is 0. The standard InChI is InChI=1S/C15H18O5/c1-10-8-13(20-15(10)19-11(2)16)9-18-14(17)12-6-4-3-5-7-12/h3-7,10,13,15H,8-9H2,1-2H3. The summed E-state index contributed by atoms with van der Waals surface area (Å²) in [5.41, 5.74) is 0.509. The highest BCUT2D eigenvalue weighted by atomic mass is 16.7. The molecule has 3 unspecified atom stereocenters. The van der Waals surface area contributed by atoms with Gasteiger partial charge in [-0.1, -0.05) is 25.1 Å². The predicted octanol–water partition coefficient (Wildman–Crippen LogP) is 2.16. The van der Waals surface area contributed by atoms with Crippen LogP contribution in [0.4, 0.5) is 0 Å². The van der Waals surface area contributed by atoms with Crippen molar-refractivity contribution < 1.29 is 23.8 Å². The first-order chi connectivity index (χ1) is 9.56. The first-order valence-corrected chi connectivity index (χ1v) is 6.61. The maximum absolute atomic E-state index is 11.8. The Kier molecular flexibility index (Phi) is 4.74. The fraction of sp³-hybridized carbons (Fsp3) is 0.467. The zero-order valence-corrected chi connectivity index (χ0v) is 11.6. The van der Waals surface area contributed by atoms with E-state index in [0.29, 0.717) is 12.0 Å². The molecule has 1 aromatic rings. The number of hydrogen-bond acceptors (Lipinski definition) is 5. The first-order valence-electron chi connectivity index (χ1n) is 6.61. The molecule has 0 amide bonds. The maximum Gasteiger partial charge on any atom is 0.338 e. The van der Waals surface area contributed by atoms with Crippen molar-refractivity contribution in [2.24, 2.45) is 5.92 Å². The Labute approximate surface area is 117 Å². The summed E-state index contributed by atoms with van der Waals surface area (Å²) in [4.78, 5) is 22.7. The smallest absolute Gasteiger partial charge is 0.338 e. The third-order valence-corrected chi connectivity index (χ3v) is 3.12. The molecule has 1 aromatic carbocycles. The minimum Gasteiger partial charge on any atom is -0.459 e. The van der Waals surface area contributed by atoms with Crippen molar-refractivity contribution >= 4 is 11.9 Å². The van der Waals surface area contributed by atoms with Crippen molar-refractivity contribution in [3.8, 4) is 0 Å². The summed E-state index contributed by atoms with van der Waals surface area (Å²) < 4.78 is 15.8. The van der Waals surface area contributed by atoms with Gasteiger partial charge in [0.2, 0.25) is 6.29 Å². The number of rotatable bonds is 4. The second-order valence-corrected chi connectivity index (χ2v) is 4.91. The molecule has 0 spiro atoms. The van der Waals surface area contributed by atoms with Gasteiger partial charge in [-0.05, 0) is 18.6 Å². The molecule has 2 rings (SSSR count). The van der Waals surface area contributed by atoms with Crippen molar-refractivity contribution in [3.63, 3.8) is 0 Å². The molecular weight excluding hydrogens is 260 g/mol. The van der Waals surface area contributed by atoms with E-state index in [0.717, 1.165) is 0 Å². The summed E-state index contributed by atoms with van der Waals surface area (Å²) in [6, 6.07) is 8.79. The van der Waals surface area contributed by atoms with Gasteiger partial charge in [0.25, 0.3) is 0 Å². The van der Waals surface area contributed by atoms with E-state index in [2.05, 4.69) is 0 Å². The van der Waals surface area contributed by atoms with Crippen LogP contribution in [0.1, 0.15) is 30.6 Å². The van der Waals surface area contributed by atoms with E-state index < -0.39 is 6.29 Å². The average molecular weight is 278 g/mol. The number of hydrogen-bond donors (Lipinski definition) is 0. The Hall–Kier alpha value is -1.88. The first kappa shape index (κ1) is 14.5. The van der Waals surface area contributed by atoms with Gasteiger partial charge in [0.15, 0.2) is 0 Å². The average Bonchev–Trinajstić information content (AvgIpc) is 2.77. The second kappa shape index (κ2) is 6.52. The van der Waals surface area contributed by atoms with E-state index in [1.165, 1.54) is 6.92 Å². The molecule has 1 heterocycles. The van der Waals surface area contributed by atoms with E-state index in [-0.39, 0.29) is 30.6 Å². The highest BCUT2D eigenvalue weighted by Crippen LogP contribution is 2.27. The van der Waals surface area contributed by atoms with Gasteiger partial charge >= 0.3 is 11.9 Å². The Morgan fingerprint density at radius 2 is 2.00 bits per heavy atom. The minimum absolute atomic E-state index is 0.0966. The molecule has 5 heteroatoms. The van der Waals surface area contributed by atoms with Crippen molar-refractivity contribution in [3.05, 3.63) is 35.9 Å². The van der Waals surface area contributed by atoms with Gasteiger partial charge in [-0.2, -0.15) is 0 Å². The number of esters is 2. The molecule has 20 heavy (non-hydrogen) atoms. The van der Waals surface area contributed by atoms with Crippen LogP contribution in [0.5, 0.6) is 0 Å². The molecule has 0 aromatic heterocycles. The summed E-state index contributed by atoms with van der Waals surface area (Å²) in [7, 11) is 0. The Morgan fingerprint density at radius 1 is 1.30 bits per heavy atom. The zero-order chi connectivity index (χ0) is 14.5. The van der Waals surface area contributed by atoms with Crippen LogP contribution in [0.2, 0.25) is 0 Å². The summed E-state index contributed by atoms with van der Waals surface area (Å²) >= 11 is 0. The van der Waals surface area contributed by atoms with Gasteiger partial charge in [-0.15, -0.1) is 0 Å². The van der Waals surface area contributed by atoms with Gasteiger partial charge in [0, 0.05) is 12.8 Å². The monoisotopic (exact) mass is 278 g/mol. The van der Waals surface area contributed by atoms with Crippen LogP contribution in [-0.4, -0.2) is 30.9 Å². The van der Waals surface area contributed by atoms with Crippen LogP contribution in [-0.2, 0) is 19.0 Å². The molecule has 0 bridgehead atoms. The fourth-order valence-electron chi connectivity index (χ4n) is 2.15. The molecule has 0 N–H and O–H groups in total. The number of benzene rings is 1. The van der Waals surface area contributed by atoms with Gasteiger partial charge in [0.05, 0.1) is 11.7 Å². The van der Waals surface area contributed by atoms with Crippen molar-refractivity contribution in [2.45, 2.75) is 32.7 Å². The van der Waals surface area contributed by atoms with Crippen LogP contribution in [0.15, 0.2) is 30.3 Å². The van der Waals surface area contributed by atoms with E-state index in [1.807, 2.05) is 13.0 Å². The zero-order valence-electron chi connectivity index (χ0n) is 11.6. The lowest BCUT2D eigenvalue weighted by Gasteiger charge is -2.15. The highest BCUT2D eigenvalue weighted by molar-refractivity contribution is 5.89. The van der Waals surface area contributed by atoms with Crippen LogP contribution in [0.25, 0.3) is 0 Å². The van der Waals surface area contributed by atoms with E-state index in [1.54, 1.807) is 24.3 Å². The van der Waals surface area contributed by atoms with E-state index >= 15 is 0 Å². The molecule has 108 valence electrons. The van der Waals surface area contributed by atoms with Crippen LogP contribution in [0, 0.1) is 5.92 Å². The van der Waals surface area contributed by atoms with Gasteiger partial charge < -0.3 is 14.2 Å². The highest BCUT2D eigenvalue weighted by Gasteiger charge is 2.35. The molecule has 3 atom stereocenters. The molecule has 0 saturated carbocycles. The number of carbonyl (C=O) groups is 2. The summed E-state index contributed by atoms with van der Waals surface area (Å²) in [6.07, 6.45) is -0.0880. The SMILES string of the molecule is CC(=O)OC1OC(COC(=O)c2ccccc2)CC1C. The lowest BCUT2D eigenvalue weighted by molar-refractivity contribution is -0.180. The quantitative estimate of drug-likeness (QED) is 0.790. The van der Waals surface area contributed by atoms with E-state index in [9.17, 15) is 9.59 Å². The van der Waals surface area contributed by atoms with Gasteiger partial charge in [-0.3, -0.25) is 4.79 Å². The minimum atomic E-state index is -0.548. The molecule has 1 aliphatic heterocycles. The van der Waals surface area contributed by atoms with Gasteiger partial charge in [-0.25, -0.2) is 4.79 Å². The van der Waals surface area contributed by atoms with Crippen molar-refractivity contribution in [1.82, 2.24) is 0 Å². The number of ether oxygens (including phenoxy) is 3. The predicted molar refractivity (Wildman–Crippen MR) is 70.9 cm³/mol. The van der Waals surface area contributed by atoms with Crippen LogP contribution < -0.4 is 0 Å². The molecule has 5 nitrogen and oxygen atoms in total. The molecule has 0 radical (unpaired) electrons. The lowest BCUT2D eigenvalue weighted by Crippen LogP contribution is -2.23. The van der Waals surface area contributed by atoms with E-state index in [4.69, 9.17) is 14.2 Å². The maximum atomic E-state index is 11.8. The molecular formula is C15H18O5. The topological polar surface area (TPSA) is 61.8 Å². The Morgan fingerprint density at radius 3 is 2.65 bits per heavy atom. The van der Waals surface area contributed by atoms with Crippen molar-refractivity contribution in [1.29, 1.82) is 0 Å². The molecule has 1 saturated heterocycles. The van der Waals surface area contributed by atoms with Gasteiger partial charge in [0.1, 0.15) is 6.61 Å². The third-order valence-electron chi connectivity index (χ3n) is 3.12. The van der Waals surface area contributed by atoms with Crippen molar-refractivity contribution in [2.75, 3.05) is 6.61 Å². The summed E-state index contributed by atoms with van der Waals surface area (Å²) in [6.45, 7) is 3.45. The van der Waals surface area contributed by atoms with Crippen LogP contribution in [0.3, 0.4) is 0 Å². The fourth-order valence-corrected chi connectivity index (χ4v) is 2.15. The Bertz CT molecular complexity index is 470. The summed E-state index contributed by atoms with van der Waals surface area (Å²) in [5.74, 6) is -0.652. The lowest BCUT2D eigenvalue weighted by atomic mass is 10.1. The third kappa shape index (κ3) is 3.81. The normalized spacial score (nSPS) is 25.2. The largest absolute Gasteiger partial charge is 0.459 e. The molecule has 0 aliphatic carbocycles. The number of carbonyl (C=O) groups excluding carboxylic acids is 2.